The van der Waals surface area contributed by atoms with Gasteiger partial charge in [0.05, 0.1) is 11.6 Å². The number of nitrogens with zero attached hydrogens (tertiary/aromatic N) is 1. The topological polar surface area (TPSA) is 57.4 Å². The van der Waals surface area contributed by atoms with E-state index in [1.807, 2.05) is 30.3 Å². The van der Waals surface area contributed by atoms with Crippen LogP contribution in [0.3, 0.4) is 0 Å². The third-order valence-corrected chi connectivity index (χ3v) is 3.30. The first-order valence-corrected chi connectivity index (χ1v) is 6.64. The summed E-state index contributed by atoms with van der Waals surface area (Å²) in [5.74, 6) is 1.49. The number of hydrogen-bond acceptors (Lipinski definition) is 4. The molecule has 0 saturated heterocycles. The van der Waals surface area contributed by atoms with E-state index < -0.39 is 0 Å². The van der Waals surface area contributed by atoms with E-state index in [9.17, 15) is 0 Å². The van der Waals surface area contributed by atoms with Gasteiger partial charge >= 0.3 is 0 Å². The quantitative estimate of drug-likeness (QED) is 0.919. The average molecular weight is 323 g/mol. The lowest BCUT2D eigenvalue weighted by Crippen LogP contribution is -2.18. The van der Waals surface area contributed by atoms with Crippen LogP contribution in [0.1, 0.15) is 11.7 Å². The molecule has 0 aliphatic rings. The van der Waals surface area contributed by atoms with E-state index in [1.165, 1.54) is 0 Å². The fourth-order valence-electron chi connectivity index (χ4n) is 1.68. The van der Waals surface area contributed by atoms with Crippen molar-refractivity contribution in [1.82, 2.24) is 4.98 Å². The molecule has 0 aliphatic carbocycles. The molecule has 0 radical (unpaired) electrons. The molecule has 19 heavy (non-hydrogen) atoms. The maximum Gasteiger partial charge on any atom is 0.137 e. The Morgan fingerprint density at radius 3 is 2.79 bits per heavy atom. The summed E-state index contributed by atoms with van der Waals surface area (Å²) in [5, 5.41) is 0. The van der Waals surface area contributed by atoms with E-state index in [4.69, 9.17) is 15.2 Å². The Hall–Kier alpha value is -1.59. The van der Waals surface area contributed by atoms with Crippen LogP contribution < -0.4 is 15.2 Å². The van der Waals surface area contributed by atoms with Crippen LogP contribution in [0.15, 0.2) is 47.2 Å². The minimum atomic E-state index is -0.224. The molecular weight excluding hydrogens is 308 g/mol. The smallest absolute Gasteiger partial charge is 0.137 e. The fourth-order valence-corrected chi connectivity index (χ4v) is 2.13. The highest BCUT2D eigenvalue weighted by Gasteiger charge is 2.13. The van der Waals surface area contributed by atoms with E-state index in [1.54, 1.807) is 19.5 Å². The third-order valence-electron chi connectivity index (χ3n) is 2.68. The molecule has 0 spiro atoms. The molecule has 0 saturated carbocycles. The first-order chi connectivity index (χ1) is 9.24. The maximum absolute atomic E-state index is 5.91. The Morgan fingerprint density at radius 1 is 1.37 bits per heavy atom. The Labute approximate surface area is 120 Å². The van der Waals surface area contributed by atoms with Gasteiger partial charge in [0.25, 0.3) is 0 Å². The number of nitrogens with two attached hydrogens (primary N) is 1. The molecule has 1 atom stereocenters. The number of hydrogen-bond donors (Lipinski definition) is 1. The normalized spacial score (nSPS) is 11.9. The van der Waals surface area contributed by atoms with Gasteiger partial charge in [0, 0.05) is 24.5 Å². The van der Waals surface area contributed by atoms with Crippen molar-refractivity contribution in [2.45, 2.75) is 6.10 Å². The third kappa shape index (κ3) is 3.45. The van der Waals surface area contributed by atoms with Crippen molar-refractivity contribution < 1.29 is 9.47 Å². The summed E-state index contributed by atoms with van der Waals surface area (Å²) < 4.78 is 11.9. The lowest BCUT2D eigenvalue weighted by molar-refractivity contribution is 0.212. The number of benzene rings is 1. The van der Waals surface area contributed by atoms with Gasteiger partial charge in [-0.25, -0.2) is 0 Å². The SMILES string of the molecule is COc1ccc(OC(CN)c2cccnc2)c(Br)c1. The highest BCUT2D eigenvalue weighted by Crippen LogP contribution is 2.32. The van der Waals surface area contributed by atoms with E-state index in [-0.39, 0.29) is 6.10 Å². The predicted molar refractivity (Wildman–Crippen MR) is 77.4 cm³/mol. The summed E-state index contributed by atoms with van der Waals surface area (Å²) in [6, 6.07) is 9.36. The highest BCUT2D eigenvalue weighted by molar-refractivity contribution is 9.10. The van der Waals surface area contributed by atoms with E-state index >= 15 is 0 Å². The van der Waals surface area contributed by atoms with Crippen molar-refractivity contribution in [2.75, 3.05) is 13.7 Å². The Balaban J connectivity index is 2.19. The summed E-state index contributed by atoms with van der Waals surface area (Å²) in [4.78, 5) is 4.08. The highest BCUT2D eigenvalue weighted by atomic mass is 79.9. The molecule has 1 heterocycles. The van der Waals surface area contributed by atoms with Crippen molar-refractivity contribution in [3.63, 3.8) is 0 Å². The van der Waals surface area contributed by atoms with Gasteiger partial charge < -0.3 is 15.2 Å². The van der Waals surface area contributed by atoms with Crippen LogP contribution >= 0.6 is 15.9 Å². The maximum atomic E-state index is 5.91. The first-order valence-electron chi connectivity index (χ1n) is 5.84. The van der Waals surface area contributed by atoms with Crippen LogP contribution in [-0.4, -0.2) is 18.6 Å². The molecule has 1 unspecified atom stereocenters. The summed E-state index contributed by atoms with van der Waals surface area (Å²) in [7, 11) is 1.63. The summed E-state index contributed by atoms with van der Waals surface area (Å²) in [6.45, 7) is 0.379. The summed E-state index contributed by atoms with van der Waals surface area (Å²) in [5.41, 5.74) is 6.72. The van der Waals surface area contributed by atoms with Gasteiger partial charge in [-0.15, -0.1) is 0 Å². The predicted octanol–water partition coefficient (Wildman–Crippen LogP) is 2.93. The molecule has 2 aromatic rings. The lowest BCUT2D eigenvalue weighted by atomic mass is 10.1. The number of methoxy groups -OCH3 is 1. The van der Waals surface area contributed by atoms with Crippen LogP contribution in [0, 0.1) is 0 Å². The van der Waals surface area contributed by atoms with E-state index in [0.717, 1.165) is 21.5 Å². The Morgan fingerprint density at radius 2 is 2.21 bits per heavy atom. The molecule has 0 amide bonds. The van der Waals surface area contributed by atoms with Crippen molar-refractivity contribution in [3.05, 3.63) is 52.8 Å². The zero-order valence-electron chi connectivity index (χ0n) is 10.5. The van der Waals surface area contributed by atoms with Crippen LogP contribution in [0.25, 0.3) is 0 Å². The van der Waals surface area contributed by atoms with Gasteiger partial charge in [0.15, 0.2) is 0 Å². The number of rotatable bonds is 5. The van der Waals surface area contributed by atoms with Crippen LogP contribution in [0.4, 0.5) is 0 Å². The number of halogens is 1. The van der Waals surface area contributed by atoms with Gasteiger partial charge in [-0.2, -0.15) is 0 Å². The van der Waals surface area contributed by atoms with Gasteiger partial charge in [0.2, 0.25) is 0 Å². The largest absolute Gasteiger partial charge is 0.497 e. The molecule has 1 aromatic heterocycles. The molecule has 100 valence electrons. The molecule has 0 aliphatic heterocycles. The Kier molecular flexibility index (Phi) is 4.76. The standard InChI is InChI=1S/C14H15BrN2O2/c1-18-11-4-5-13(12(15)7-11)19-14(8-16)10-3-2-6-17-9-10/h2-7,9,14H,8,16H2,1H3. The first kappa shape index (κ1) is 13.8. The molecule has 4 nitrogen and oxygen atoms in total. The van der Waals surface area contributed by atoms with Gasteiger partial charge in [0.1, 0.15) is 17.6 Å². The van der Waals surface area contributed by atoms with Crippen LogP contribution in [0.5, 0.6) is 11.5 Å². The van der Waals surface area contributed by atoms with Crippen LogP contribution in [-0.2, 0) is 0 Å². The molecule has 2 rings (SSSR count). The van der Waals surface area contributed by atoms with Gasteiger partial charge in [-0.3, -0.25) is 4.98 Å². The van der Waals surface area contributed by atoms with Crippen molar-refractivity contribution >= 4 is 15.9 Å². The van der Waals surface area contributed by atoms with E-state index in [0.29, 0.717) is 6.54 Å². The second kappa shape index (κ2) is 6.54. The van der Waals surface area contributed by atoms with Gasteiger partial charge in [-0.1, -0.05) is 6.07 Å². The number of ether oxygens (including phenoxy) is 2. The average Bonchev–Trinajstić information content (AvgIpc) is 2.47. The monoisotopic (exact) mass is 322 g/mol. The summed E-state index contributed by atoms with van der Waals surface area (Å²) >= 11 is 3.46. The fraction of sp³-hybridized carbons (Fsp3) is 0.214. The molecule has 2 N–H and O–H groups in total. The minimum absolute atomic E-state index is 0.224. The van der Waals surface area contributed by atoms with Crippen molar-refractivity contribution in [1.29, 1.82) is 0 Å². The zero-order valence-corrected chi connectivity index (χ0v) is 12.1. The second-order valence-corrected chi connectivity index (χ2v) is 4.78. The Bertz CT molecular complexity index is 534. The number of pyridine rings is 1. The van der Waals surface area contributed by atoms with Gasteiger partial charge in [-0.05, 0) is 40.2 Å². The van der Waals surface area contributed by atoms with Crippen molar-refractivity contribution in [3.8, 4) is 11.5 Å². The zero-order chi connectivity index (χ0) is 13.7. The minimum Gasteiger partial charge on any atom is -0.497 e. The second-order valence-electron chi connectivity index (χ2n) is 3.92. The van der Waals surface area contributed by atoms with Crippen LogP contribution in [0.2, 0.25) is 0 Å². The summed E-state index contributed by atoms with van der Waals surface area (Å²) in [6.07, 6.45) is 3.26. The lowest BCUT2D eigenvalue weighted by Gasteiger charge is -2.18. The molecule has 0 bridgehead atoms. The van der Waals surface area contributed by atoms with E-state index in [2.05, 4.69) is 20.9 Å². The molecular formula is C14H15BrN2O2. The van der Waals surface area contributed by atoms with Crippen molar-refractivity contribution in [2.24, 2.45) is 5.73 Å². The number of aromatic nitrogens is 1. The molecule has 1 aromatic carbocycles. The molecule has 0 fully saturated rings. The molecule has 5 heteroatoms.